The van der Waals surface area contributed by atoms with E-state index in [-0.39, 0.29) is 28.0 Å². The first-order valence-corrected chi connectivity index (χ1v) is 7.47. The molecule has 1 aromatic rings. The zero-order valence-electron chi connectivity index (χ0n) is 12.7. The van der Waals surface area contributed by atoms with Crippen LogP contribution in [0.3, 0.4) is 0 Å². The van der Waals surface area contributed by atoms with Gasteiger partial charge in [0.15, 0.2) is 0 Å². The van der Waals surface area contributed by atoms with Crippen LogP contribution in [0.2, 0.25) is 0 Å². The predicted octanol–water partition coefficient (Wildman–Crippen LogP) is 1.59. The quantitative estimate of drug-likeness (QED) is 0.393. The van der Waals surface area contributed by atoms with Crippen molar-refractivity contribution in [2.24, 2.45) is 0 Å². The van der Waals surface area contributed by atoms with E-state index in [0.29, 0.717) is 31.7 Å². The van der Waals surface area contributed by atoms with Gasteiger partial charge in [-0.05, 0) is 11.6 Å². The molecule has 1 aliphatic rings. The fourth-order valence-corrected chi connectivity index (χ4v) is 2.62. The average molecular weight is 335 g/mol. The van der Waals surface area contributed by atoms with Gasteiger partial charge in [-0.2, -0.15) is 0 Å². The van der Waals surface area contributed by atoms with Crippen LogP contribution in [0.25, 0.3) is 5.57 Å². The van der Waals surface area contributed by atoms with Crippen LogP contribution in [0, 0.1) is 10.1 Å². The van der Waals surface area contributed by atoms with Gasteiger partial charge in [0.2, 0.25) is 5.91 Å². The molecule has 0 bridgehead atoms. The smallest absolute Gasteiger partial charge is 0.283 e. The number of carbonyl (C=O) groups excluding carboxylic acids is 2. The van der Waals surface area contributed by atoms with Gasteiger partial charge in [-0.3, -0.25) is 19.7 Å². The molecule has 1 fully saturated rings. The molecule has 0 radical (unpaired) electrons. The summed E-state index contributed by atoms with van der Waals surface area (Å²) in [4.78, 5) is 37.7. The monoisotopic (exact) mass is 335 g/mol. The summed E-state index contributed by atoms with van der Waals surface area (Å²) in [5.41, 5.74) is 0.424. The van der Waals surface area contributed by atoms with Crippen LogP contribution < -0.4 is 0 Å². The number of amides is 2. The van der Waals surface area contributed by atoms with E-state index in [4.69, 9.17) is 0 Å². The van der Waals surface area contributed by atoms with Crippen molar-refractivity contribution in [1.82, 2.24) is 9.80 Å². The minimum Gasteiger partial charge on any atom is -0.339 e. The molecule has 0 N–H and O–H groups in total. The molecule has 8 heteroatoms. The van der Waals surface area contributed by atoms with E-state index >= 15 is 0 Å². The number of nitro groups is 1. The Morgan fingerprint density at radius 2 is 1.78 bits per heavy atom. The van der Waals surface area contributed by atoms with Gasteiger partial charge in [0, 0.05) is 44.7 Å². The maximum Gasteiger partial charge on any atom is 0.283 e. The highest BCUT2D eigenvalue weighted by Crippen LogP contribution is 2.27. The average Bonchev–Trinajstić information content (AvgIpc) is 2.53. The Balaban J connectivity index is 2.12. The van der Waals surface area contributed by atoms with Gasteiger partial charge in [0.25, 0.3) is 11.6 Å². The van der Waals surface area contributed by atoms with Crippen LogP contribution in [0.1, 0.15) is 12.5 Å². The van der Waals surface area contributed by atoms with Crippen LogP contribution in [-0.2, 0) is 9.59 Å². The van der Waals surface area contributed by atoms with Crippen LogP contribution in [0.15, 0.2) is 29.7 Å². The van der Waals surface area contributed by atoms with E-state index in [0.717, 1.165) is 0 Å². The Bertz CT molecular complexity index is 681. The second-order valence-electron chi connectivity index (χ2n) is 5.24. The molecular formula is C15H17N3O4S. The zero-order chi connectivity index (χ0) is 17.1. The van der Waals surface area contributed by atoms with E-state index in [1.807, 2.05) is 0 Å². The largest absolute Gasteiger partial charge is 0.339 e. The standard InChI is InChI=1S/C15H17N3O4S/c1-10(12-3-4-14(23)13(9-12)18(21)22)15(20)17-7-5-16(6-8-17)11(2)19/h3-4,9,23H,1,5-8H2,2H3. The molecule has 122 valence electrons. The van der Waals surface area contributed by atoms with Crippen LogP contribution in [0.5, 0.6) is 0 Å². The first kappa shape index (κ1) is 17.0. The Kier molecular flexibility index (Phi) is 5.05. The first-order chi connectivity index (χ1) is 10.8. The third kappa shape index (κ3) is 3.70. The highest BCUT2D eigenvalue weighted by molar-refractivity contribution is 7.80. The van der Waals surface area contributed by atoms with Gasteiger partial charge in [-0.15, -0.1) is 12.6 Å². The molecule has 0 aliphatic carbocycles. The molecule has 0 aromatic heterocycles. The molecule has 1 aromatic carbocycles. The summed E-state index contributed by atoms with van der Waals surface area (Å²) in [6.45, 7) is 7.05. The number of hydrogen-bond acceptors (Lipinski definition) is 5. The number of hydrogen-bond donors (Lipinski definition) is 1. The SMILES string of the molecule is C=C(C(=O)N1CCN(C(C)=O)CC1)c1ccc(S)c([N+](=O)[O-])c1. The van der Waals surface area contributed by atoms with E-state index in [2.05, 4.69) is 19.2 Å². The maximum absolute atomic E-state index is 12.5. The van der Waals surface area contributed by atoms with Crippen molar-refractivity contribution in [2.75, 3.05) is 26.2 Å². The van der Waals surface area contributed by atoms with Crippen molar-refractivity contribution in [3.8, 4) is 0 Å². The molecular weight excluding hydrogens is 318 g/mol. The van der Waals surface area contributed by atoms with Crippen molar-refractivity contribution in [3.05, 3.63) is 40.5 Å². The first-order valence-electron chi connectivity index (χ1n) is 7.02. The van der Waals surface area contributed by atoms with Crippen molar-refractivity contribution in [3.63, 3.8) is 0 Å². The summed E-state index contributed by atoms with van der Waals surface area (Å²) in [7, 11) is 0. The lowest BCUT2D eigenvalue weighted by molar-refractivity contribution is -0.387. The summed E-state index contributed by atoms with van der Waals surface area (Å²) in [5.74, 6) is -0.301. The molecule has 2 rings (SSSR count). The predicted molar refractivity (Wildman–Crippen MR) is 88.2 cm³/mol. The summed E-state index contributed by atoms with van der Waals surface area (Å²) < 4.78 is 0. The number of nitro benzene ring substituents is 1. The molecule has 0 saturated carbocycles. The molecule has 1 heterocycles. The van der Waals surface area contributed by atoms with Gasteiger partial charge >= 0.3 is 0 Å². The lowest BCUT2D eigenvalue weighted by Gasteiger charge is -2.34. The van der Waals surface area contributed by atoms with E-state index < -0.39 is 4.92 Å². The highest BCUT2D eigenvalue weighted by atomic mass is 32.1. The number of thiol groups is 1. The number of benzene rings is 1. The van der Waals surface area contributed by atoms with Gasteiger partial charge in [-0.1, -0.05) is 12.6 Å². The van der Waals surface area contributed by atoms with E-state index in [9.17, 15) is 19.7 Å². The van der Waals surface area contributed by atoms with E-state index in [1.54, 1.807) is 15.9 Å². The molecule has 1 aliphatic heterocycles. The van der Waals surface area contributed by atoms with Crippen LogP contribution >= 0.6 is 12.6 Å². The zero-order valence-corrected chi connectivity index (χ0v) is 13.6. The van der Waals surface area contributed by atoms with Gasteiger partial charge in [0.05, 0.1) is 9.82 Å². The third-order valence-corrected chi connectivity index (χ3v) is 4.17. The van der Waals surface area contributed by atoms with Gasteiger partial charge in [-0.25, -0.2) is 0 Å². The fraction of sp³-hybridized carbons (Fsp3) is 0.333. The van der Waals surface area contributed by atoms with Crippen molar-refractivity contribution < 1.29 is 14.5 Å². The second kappa shape index (κ2) is 6.82. The van der Waals surface area contributed by atoms with E-state index in [1.165, 1.54) is 19.1 Å². The Labute approximate surface area is 139 Å². The molecule has 23 heavy (non-hydrogen) atoms. The highest BCUT2D eigenvalue weighted by Gasteiger charge is 2.25. The fourth-order valence-electron chi connectivity index (χ4n) is 2.40. The number of carbonyl (C=O) groups is 2. The number of rotatable bonds is 3. The van der Waals surface area contributed by atoms with Crippen LogP contribution in [0.4, 0.5) is 5.69 Å². The maximum atomic E-state index is 12.5. The summed E-state index contributed by atoms with van der Waals surface area (Å²) >= 11 is 4.03. The summed E-state index contributed by atoms with van der Waals surface area (Å²) in [5, 5.41) is 11.0. The molecule has 0 spiro atoms. The molecule has 1 saturated heterocycles. The Morgan fingerprint density at radius 1 is 1.22 bits per heavy atom. The van der Waals surface area contributed by atoms with Crippen LogP contribution in [-0.4, -0.2) is 52.7 Å². The molecule has 7 nitrogen and oxygen atoms in total. The summed E-state index contributed by atoms with van der Waals surface area (Å²) in [6.07, 6.45) is 0. The number of nitrogens with zero attached hydrogens (tertiary/aromatic N) is 3. The number of piperazine rings is 1. The summed E-state index contributed by atoms with van der Waals surface area (Å²) in [6, 6.07) is 4.36. The normalized spacial score (nSPS) is 14.5. The third-order valence-electron chi connectivity index (χ3n) is 3.79. The minimum atomic E-state index is -0.546. The van der Waals surface area contributed by atoms with Crippen molar-refractivity contribution in [1.29, 1.82) is 0 Å². The lowest BCUT2D eigenvalue weighted by Crippen LogP contribution is -2.50. The lowest BCUT2D eigenvalue weighted by atomic mass is 10.1. The van der Waals surface area contributed by atoms with Crippen molar-refractivity contribution >= 4 is 35.7 Å². The van der Waals surface area contributed by atoms with Crippen molar-refractivity contribution in [2.45, 2.75) is 11.8 Å². The molecule has 2 amide bonds. The topological polar surface area (TPSA) is 83.8 Å². The minimum absolute atomic E-state index is 0.0177. The second-order valence-corrected chi connectivity index (χ2v) is 5.72. The Hall–Kier alpha value is -2.35. The van der Waals surface area contributed by atoms with Gasteiger partial charge in [0.1, 0.15) is 0 Å². The molecule has 0 unspecified atom stereocenters. The molecule has 0 atom stereocenters. The Morgan fingerprint density at radius 3 is 2.30 bits per heavy atom. The van der Waals surface area contributed by atoms with Gasteiger partial charge < -0.3 is 9.80 Å².